The van der Waals surface area contributed by atoms with E-state index in [1.807, 2.05) is 0 Å². The van der Waals surface area contributed by atoms with Crippen LogP contribution in [0.4, 0.5) is 0 Å². The standard InChI is InChI=1S/C42H70O8/c1-9-17-21-31(13-5)27-47-39(43)35-25-37(41(45)49-29-33(15-7)23-19-11-3)38(42(46)50-30-34(16-8)24-20-12-4)26-36(35)40(44)48-28-32(14-6)22-18-10-2/h25-26,31-34H,9-24,27-30H2,1-8H3/t31-,32+,33+,34-. The van der Waals surface area contributed by atoms with Crippen LogP contribution in [0.25, 0.3) is 0 Å². The first-order chi connectivity index (χ1) is 24.1. The summed E-state index contributed by atoms with van der Waals surface area (Å²) in [5.41, 5.74) is -0.452. The smallest absolute Gasteiger partial charge is 0.339 e. The average Bonchev–Trinajstić information content (AvgIpc) is 3.14. The summed E-state index contributed by atoms with van der Waals surface area (Å²) in [7, 11) is 0. The molecule has 8 nitrogen and oxygen atoms in total. The fourth-order valence-electron chi connectivity index (χ4n) is 5.95. The summed E-state index contributed by atoms with van der Waals surface area (Å²) in [5, 5.41) is 0. The van der Waals surface area contributed by atoms with Gasteiger partial charge < -0.3 is 18.9 Å². The van der Waals surface area contributed by atoms with E-state index >= 15 is 0 Å². The maximum Gasteiger partial charge on any atom is 0.339 e. The molecule has 0 radical (unpaired) electrons. The number of carbonyl (C=O) groups excluding carboxylic acids is 4. The minimum Gasteiger partial charge on any atom is -0.462 e. The molecule has 0 unspecified atom stereocenters. The summed E-state index contributed by atoms with van der Waals surface area (Å²) in [5.74, 6) is -2.26. The van der Waals surface area contributed by atoms with Crippen LogP contribution >= 0.6 is 0 Å². The van der Waals surface area contributed by atoms with E-state index in [2.05, 4.69) is 55.4 Å². The highest BCUT2D eigenvalue weighted by molar-refractivity contribution is 6.10. The molecular formula is C42H70O8. The van der Waals surface area contributed by atoms with Gasteiger partial charge in [-0.2, -0.15) is 0 Å². The van der Waals surface area contributed by atoms with Crippen LogP contribution in [0.5, 0.6) is 0 Å². The Kier molecular flexibility index (Phi) is 24.2. The fraction of sp³-hybridized carbons (Fsp3) is 0.762. The number of ether oxygens (including phenoxy) is 4. The monoisotopic (exact) mass is 703 g/mol. The van der Waals surface area contributed by atoms with Crippen LogP contribution in [0, 0.1) is 23.7 Å². The summed E-state index contributed by atoms with van der Waals surface area (Å²) < 4.78 is 23.1. The van der Waals surface area contributed by atoms with Crippen molar-refractivity contribution in [2.24, 2.45) is 23.7 Å². The number of carbonyl (C=O) groups is 4. The molecule has 0 bridgehead atoms. The van der Waals surface area contributed by atoms with Crippen LogP contribution in [0.15, 0.2) is 12.1 Å². The van der Waals surface area contributed by atoms with Crippen LogP contribution in [0.2, 0.25) is 0 Å². The Morgan fingerprint density at radius 3 is 0.760 bits per heavy atom. The van der Waals surface area contributed by atoms with Gasteiger partial charge in [-0.05, 0) is 61.5 Å². The Bertz CT molecular complexity index is 959. The van der Waals surface area contributed by atoms with Gasteiger partial charge in [0.25, 0.3) is 0 Å². The van der Waals surface area contributed by atoms with Gasteiger partial charge in [0, 0.05) is 0 Å². The van der Waals surface area contributed by atoms with E-state index in [4.69, 9.17) is 18.9 Å². The number of hydrogen-bond donors (Lipinski definition) is 0. The van der Waals surface area contributed by atoms with Crippen molar-refractivity contribution in [2.45, 2.75) is 158 Å². The maximum atomic E-state index is 13.7. The molecule has 8 heteroatoms. The molecule has 0 aromatic heterocycles. The van der Waals surface area contributed by atoms with E-state index in [0.29, 0.717) is 0 Å². The first kappa shape index (κ1) is 45.1. The van der Waals surface area contributed by atoms with Crippen molar-refractivity contribution in [3.05, 3.63) is 34.4 Å². The average molecular weight is 703 g/mol. The Morgan fingerprint density at radius 2 is 0.600 bits per heavy atom. The first-order valence-corrected chi connectivity index (χ1v) is 20.0. The molecule has 0 saturated carbocycles. The van der Waals surface area contributed by atoms with Gasteiger partial charge in [0.05, 0.1) is 48.7 Å². The molecule has 1 aromatic carbocycles. The number of benzene rings is 1. The summed E-state index contributed by atoms with van der Waals surface area (Å²) >= 11 is 0. The van der Waals surface area contributed by atoms with Crippen molar-refractivity contribution < 1.29 is 38.1 Å². The van der Waals surface area contributed by atoms with Gasteiger partial charge in [-0.25, -0.2) is 19.2 Å². The molecule has 0 spiro atoms. The normalized spacial score (nSPS) is 13.6. The summed E-state index contributed by atoms with van der Waals surface area (Å²) in [6, 6.07) is 2.56. The van der Waals surface area contributed by atoms with Crippen LogP contribution in [0.1, 0.15) is 200 Å². The molecular weight excluding hydrogens is 632 g/mol. The number of unbranched alkanes of at least 4 members (excludes halogenated alkanes) is 4. The van der Waals surface area contributed by atoms with Gasteiger partial charge in [0.15, 0.2) is 0 Å². The minimum absolute atomic E-state index is 0.113. The lowest BCUT2D eigenvalue weighted by Crippen LogP contribution is -2.24. The third kappa shape index (κ3) is 16.4. The number of esters is 4. The fourth-order valence-corrected chi connectivity index (χ4v) is 5.95. The molecule has 0 heterocycles. The zero-order valence-electron chi connectivity index (χ0n) is 32.9. The van der Waals surface area contributed by atoms with Crippen molar-refractivity contribution in [3.8, 4) is 0 Å². The van der Waals surface area contributed by atoms with Gasteiger partial charge in [-0.15, -0.1) is 0 Å². The second kappa shape index (κ2) is 26.8. The van der Waals surface area contributed by atoms with E-state index in [1.165, 1.54) is 12.1 Å². The van der Waals surface area contributed by atoms with E-state index in [1.54, 1.807) is 0 Å². The molecule has 0 aliphatic carbocycles. The van der Waals surface area contributed by atoms with Crippen LogP contribution in [-0.4, -0.2) is 50.3 Å². The lowest BCUT2D eigenvalue weighted by Gasteiger charge is -2.20. The summed E-state index contributed by atoms with van der Waals surface area (Å²) in [4.78, 5) is 55.0. The molecule has 1 rings (SSSR count). The maximum absolute atomic E-state index is 13.7. The van der Waals surface area contributed by atoms with Crippen LogP contribution in [0.3, 0.4) is 0 Å². The van der Waals surface area contributed by atoms with Gasteiger partial charge >= 0.3 is 23.9 Å². The van der Waals surface area contributed by atoms with Gasteiger partial charge in [-0.1, -0.05) is 132 Å². The lowest BCUT2D eigenvalue weighted by atomic mass is 9.96. The molecule has 286 valence electrons. The second-order valence-corrected chi connectivity index (χ2v) is 14.0. The molecule has 0 saturated heterocycles. The predicted octanol–water partition coefficient (Wildman–Crippen LogP) is 11.2. The zero-order chi connectivity index (χ0) is 37.3. The van der Waals surface area contributed by atoms with E-state index < -0.39 is 23.9 Å². The topological polar surface area (TPSA) is 105 Å². The van der Waals surface area contributed by atoms with Gasteiger partial charge in [0.2, 0.25) is 0 Å². The van der Waals surface area contributed by atoms with Gasteiger partial charge in [-0.3, -0.25) is 0 Å². The molecule has 0 amide bonds. The van der Waals surface area contributed by atoms with Crippen molar-refractivity contribution in [2.75, 3.05) is 26.4 Å². The highest BCUT2D eigenvalue weighted by Gasteiger charge is 2.30. The Morgan fingerprint density at radius 1 is 0.400 bits per heavy atom. The van der Waals surface area contributed by atoms with Crippen molar-refractivity contribution in [3.63, 3.8) is 0 Å². The largest absolute Gasteiger partial charge is 0.462 e. The summed E-state index contributed by atoms with van der Waals surface area (Å²) in [6.07, 6.45) is 15.3. The highest BCUT2D eigenvalue weighted by Crippen LogP contribution is 2.25. The Labute approximate surface area is 304 Å². The molecule has 50 heavy (non-hydrogen) atoms. The molecule has 0 fully saturated rings. The summed E-state index contributed by atoms with van der Waals surface area (Å²) in [6.45, 7) is 17.5. The van der Waals surface area contributed by atoms with Gasteiger partial charge in [0.1, 0.15) is 0 Å². The number of hydrogen-bond acceptors (Lipinski definition) is 8. The van der Waals surface area contributed by atoms with E-state index in [9.17, 15) is 19.2 Å². The third-order valence-electron chi connectivity index (χ3n) is 10.0. The molecule has 1 aromatic rings. The van der Waals surface area contributed by atoms with E-state index in [0.717, 1.165) is 103 Å². The van der Waals surface area contributed by atoms with Crippen molar-refractivity contribution in [1.29, 1.82) is 0 Å². The second-order valence-electron chi connectivity index (χ2n) is 14.0. The van der Waals surface area contributed by atoms with Crippen LogP contribution < -0.4 is 0 Å². The molecule has 0 N–H and O–H groups in total. The first-order valence-electron chi connectivity index (χ1n) is 20.0. The molecule has 0 aliphatic heterocycles. The number of rotatable bonds is 28. The zero-order valence-corrected chi connectivity index (χ0v) is 32.9. The Hall–Kier alpha value is -2.90. The SMILES string of the molecule is CCCC[C@@H](CC)COC(=O)c1cc(C(=O)OC[C@@H](CC)CCCC)c(C(=O)OC[C@H](CC)CCCC)cc1C(=O)OC[C@@H](CC)CCCC. The quantitative estimate of drug-likeness (QED) is 0.0627. The Balaban J connectivity index is 3.65. The van der Waals surface area contributed by atoms with Crippen LogP contribution in [-0.2, 0) is 18.9 Å². The lowest BCUT2D eigenvalue weighted by molar-refractivity contribution is 0.0365. The van der Waals surface area contributed by atoms with Crippen molar-refractivity contribution in [1.82, 2.24) is 0 Å². The molecule has 0 aliphatic rings. The predicted molar refractivity (Wildman–Crippen MR) is 201 cm³/mol. The third-order valence-corrected chi connectivity index (χ3v) is 10.0. The van der Waals surface area contributed by atoms with E-state index in [-0.39, 0.29) is 72.4 Å². The highest BCUT2D eigenvalue weighted by atomic mass is 16.5. The molecule has 4 atom stereocenters. The van der Waals surface area contributed by atoms with Crippen molar-refractivity contribution >= 4 is 23.9 Å². The minimum atomic E-state index is -0.737.